The first-order valence-electron chi connectivity index (χ1n) is 14.2. The second-order valence-corrected chi connectivity index (χ2v) is 12.1. The number of hydrogen-bond acceptors (Lipinski definition) is 3. The summed E-state index contributed by atoms with van der Waals surface area (Å²) in [5, 5.41) is 5.24. The molecule has 4 heteroatoms. The number of hydrogen-bond donors (Lipinski definition) is 1. The van der Waals surface area contributed by atoms with Gasteiger partial charge in [-0.1, -0.05) is 76.2 Å². The number of rotatable bonds is 6. The van der Waals surface area contributed by atoms with Crippen molar-refractivity contribution in [2.75, 3.05) is 19.5 Å². The average molecular weight is 543 g/mol. The Kier molecular flexibility index (Phi) is 6.73. The van der Waals surface area contributed by atoms with Crippen molar-refractivity contribution in [1.82, 2.24) is 0 Å². The molecule has 0 fully saturated rings. The zero-order valence-electron chi connectivity index (χ0n) is 24.6. The van der Waals surface area contributed by atoms with Crippen molar-refractivity contribution in [3.05, 3.63) is 124 Å². The van der Waals surface area contributed by atoms with E-state index in [0.29, 0.717) is 11.5 Å². The Morgan fingerprint density at radius 2 is 1.61 bits per heavy atom. The van der Waals surface area contributed by atoms with Gasteiger partial charge in [0, 0.05) is 16.6 Å². The SMILES string of the molecule is COc1cc2c(cc1OC)C(C1=C[C]1c1ccc3c(NC(=O)c4ccc(C(C)(C)C)cc4)cccc3c1)=CC(C)C2. The standard InChI is InChI=1S/C37H36NO3/c1-22-16-26-19-34(40-5)35(41-6)21-30(26)31(17-22)32-20-29(32)25-12-15-28-24(18-25)8-7-9-33(28)38-36(39)23-10-13-27(14-11-23)37(2,3)4/h7-15,17-22H,16H2,1-6H3,(H,38,39). The molecule has 41 heavy (non-hydrogen) atoms. The smallest absolute Gasteiger partial charge is 0.255 e. The Hall–Kier alpha value is -4.31. The number of fused-ring (bicyclic) bond motifs is 2. The summed E-state index contributed by atoms with van der Waals surface area (Å²) < 4.78 is 11.2. The van der Waals surface area contributed by atoms with Crippen LogP contribution in [-0.4, -0.2) is 20.1 Å². The number of nitrogens with one attached hydrogen (secondary N) is 1. The Bertz CT molecular complexity index is 1720. The molecule has 0 saturated carbocycles. The molecule has 1 N–H and O–H groups in total. The lowest BCUT2D eigenvalue weighted by atomic mass is 9.83. The molecule has 2 aliphatic rings. The van der Waals surface area contributed by atoms with E-state index >= 15 is 0 Å². The van der Waals surface area contributed by atoms with E-state index in [9.17, 15) is 4.79 Å². The molecule has 0 aliphatic heterocycles. The van der Waals surface area contributed by atoms with Gasteiger partial charge >= 0.3 is 0 Å². The van der Waals surface area contributed by atoms with Gasteiger partial charge in [0.2, 0.25) is 0 Å². The Balaban J connectivity index is 1.23. The van der Waals surface area contributed by atoms with Crippen LogP contribution >= 0.6 is 0 Å². The van der Waals surface area contributed by atoms with Crippen molar-refractivity contribution in [3.8, 4) is 11.5 Å². The molecule has 4 aromatic carbocycles. The van der Waals surface area contributed by atoms with Gasteiger partial charge in [0.15, 0.2) is 11.5 Å². The predicted molar refractivity (Wildman–Crippen MR) is 168 cm³/mol. The third-order valence-electron chi connectivity index (χ3n) is 8.13. The van der Waals surface area contributed by atoms with Gasteiger partial charge in [-0.15, -0.1) is 0 Å². The summed E-state index contributed by atoms with van der Waals surface area (Å²) in [4.78, 5) is 13.1. The highest BCUT2D eigenvalue weighted by atomic mass is 16.5. The summed E-state index contributed by atoms with van der Waals surface area (Å²) in [6.07, 6.45) is 5.61. The topological polar surface area (TPSA) is 47.6 Å². The van der Waals surface area contributed by atoms with E-state index in [-0.39, 0.29) is 11.3 Å². The number of ether oxygens (including phenoxy) is 2. The molecule has 0 bridgehead atoms. The van der Waals surface area contributed by atoms with Crippen LogP contribution in [0.25, 0.3) is 16.3 Å². The molecule has 0 saturated heterocycles. The van der Waals surface area contributed by atoms with Crippen LogP contribution in [0.2, 0.25) is 0 Å². The number of benzene rings is 4. The van der Waals surface area contributed by atoms with Crippen molar-refractivity contribution in [1.29, 1.82) is 0 Å². The maximum absolute atomic E-state index is 13.1. The predicted octanol–water partition coefficient (Wildman–Crippen LogP) is 8.55. The van der Waals surface area contributed by atoms with Crippen LogP contribution < -0.4 is 14.8 Å². The fourth-order valence-electron chi connectivity index (χ4n) is 5.80. The third-order valence-corrected chi connectivity index (χ3v) is 8.13. The molecule has 0 spiro atoms. The molecule has 0 heterocycles. The first-order chi connectivity index (χ1) is 19.7. The molecule has 4 nitrogen and oxygen atoms in total. The summed E-state index contributed by atoms with van der Waals surface area (Å²) in [7, 11) is 3.37. The van der Waals surface area contributed by atoms with Gasteiger partial charge in [0.25, 0.3) is 5.91 Å². The third kappa shape index (κ3) is 5.15. The molecule has 1 amide bonds. The Morgan fingerprint density at radius 1 is 0.878 bits per heavy atom. The molecule has 1 unspecified atom stereocenters. The van der Waals surface area contributed by atoms with Crippen LogP contribution in [-0.2, 0) is 11.8 Å². The minimum absolute atomic E-state index is 0.0478. The average Bonchev–Trinajstić information content (AvgIpc) is 3.76. The van der Waals surface area contributed by atoms with Gasteiger partial charge in [-0.25, -0.2) is 0 Å². The van der Waals surface area contributed by atoms with E-state index in [1.807, 2.05) is 36.4 Å². The number of allylic oxidation sites excluding steroid dienone is 4. The first-order valence-corrected chi connectivity index (χ1v) is 14.2. The quantitative estimate of drug-likeness (QED) is 0.266. The zero-order valence-corrected chi connectivity index (χ0v) is 24.6. The largest absolute Gasteiger partial charge is 0.493 e. The van der Waals surface area contributed by atoms with Crippen LogP contribution in [0, 0.1) is 11.8 Å². The van der Waals surface area contributed by atoms with Crippen LogP contribution in [0.3, 0.4) is 0 Å². The number of amides is 1. The molecule has 1 atom stereocenters. The molecule has 207 valence electrons. The van der Waals surface area contributed by atoms with Crippen LogP contribution in [0.5, 0.6) is 11.5 Å². The summed E-state index contributed by atoms with van der Waals surface area (Å²) in [6, 6.07) is 24.6. The van der Waals surface area contributed by atoms with E-state index in [0.717, 1.165) is 34.4 Å². The molecular weight excluding hydrogens is 506 g/mol. The fourth-order valence-corrected chi connectivity index (χ4v) is 5.80. The van der Waals surface area contributed by atoms with Gasteiger partial charge in [-0.3, -0.25) is 4.79 Å². The van der Waals surface area contributed by atoms with Gasteiger partial charge in [-0.2, -0.15) is 0 Å². The van der Waals surface area contributed by atoms with E-state index < -0.39 is 0 Å². The monoisotopic (exact) mass is 542 g/mol. The lowest BCUT2D eigenvalue weighted by Gasteiger charge is -2.23. The highest BCUT2D eigenvalue weighted by molar-refractivity contribution is 6.09. The maximum atomic E-state index is 13.1. The van der Waals surface area contributed by atoms with Crippen LogP contribution in [0.4, 0.5) is 5.69 Å². The molecule has 4 aromatic rings. The lowest BCUT2D eigenvalue weighted by Crippen LogP contribution is -2.14. The second-order valence-electron chi connectivity index (χ2n) is 12.1. The van der Waals surface area contributed by atoms with Crippen molar-refractivity contribution in [3.63, 3.8) is 0 Å². The van der Waals surface area contributed by atoms with E-state index in [2.05, 4.69) is 81.6 Å². The number of carbonyl (C=O) groups is 1. The van der Waals surface area contributed by atoms with E-state index in [4.69, 9.17) is 9.47 Å². The van der Waals surface area contributed by atoms with Gasteiger partial charge < -0.3 is 14.8 Å². The minimum Gasteiger partial charge on any atom is -0.493 e. The fraction of sp³-hybridized carbons (Fsp3) is 0.243. The van der Waals surface area contributed by atoms with E-state index in [1.54, 1.807) is 14.2 Å². The molecule has 0 aromatic heterocycles. The van der Waals surface area contributed by atoms with E-state index in [1.165, 1.54) is 39.3 Å². The molecule has 1 radical (unpaired) electrons. The molecular formula is C37H36NO3. The highest BCUT2D eigenvalue weighted by Crippen LogP contribution is 2.51. The van der Waals surface area contributed by atoms with Crippen molar-refractivity contribution in [2.24, 2.45) is 5.92 Å². The lowest BCUT2D eigenvalue weighted by molar-refractivity contribution is 0.102. The van der Waals surface area contributed by atoms with Crippen molar-refractivity contribution in [2.45, 2.75) is 39.5 Å². The summed E-state index contributed by atoms with van der Waals surface area (Å²) in [6.45, 7) is 8.77. The minimum atomic E-state index is -0.105. The Labute approximate surface area is 242 Å². The summed E-state index contributed by atoms with van der Waals surface area (Å²) in [5.41, 5.74) is 8.92. The maximum Gasteiger partial charge on any atom is 0.255 e. The summed E-state index contributed by atoms with van der Waals surface area (Å²) >= 11 is 0. The molecule has 6 rings (SSSR count). The first kappa shape index (κ1) is 26.9. The number of methoxy groups -OCH3 is 2. The summed E-state index contributed by atoms with van der Waals surface area (Å²) in [5.74, 6) is 3.10. The zero-order chi connectivity index (χ0) is 28.9. The Morgan fingerprint density at radius 3 is 2.32 bits per heavy atom. The van der Waals surface area contributed by atoms with Crippen LogP contribution in [0.15, 0.2) is 90.5 Å². The second kappa shape index (κ2) is 10.3. The number of carbonyl (C=O) groups excluding carboxylic acids is 1. The van der Waals surface area contributed by atoms with Gasteiger partial charge in [0.1, 0.15) is 0 Å². The van der Waals surface area contributed by atoms with Crippen LogP contribution in [0.1, 0.15) is 60.3 Å². The van der Waals surface area contributed by atoms with Crippen molar-refractivity contribution >= 4 is 27.9 Å². The molecule has 2 aliphatic carbocycles. The normalized spacial score (nSPS) is 16.5. The van der Waals surface area contributed by atoms with Crippen molar-refractivity contribution < 1.29 is 14.3 Å². The van der Waals surface area contributed by atoms with Gasteiger partial charge in [0.05, 0.1) is 20.1 Å². The van der Waals surface area contributed by atoms with Gasteiger partial charge in [-0.05, 0) is 92.9 Å². The highest BCUT2D eigenvalue weighted by Gasteiger charge is 2.34. The number of anilines is 1.